The minimum absolute atomic E-state index is 0.245. The molecular weight excluding hydrogens is 303 g/mol. The van der Waals surface area contributed by atoms with E-state index in [4.69, 9.17) is 0 Å². The highest BCUT2D eigenvalue weighted by Crippen LogP contribution is 2.40. The smallest absolute Gasteiger partial charge is 0.464 e. The van der Waals surface area contributed by atoms with E-state index in [0.717, 1.165) is 0 Å². The molecule has 0 heterocycles. The molecule has 0 spiro atoms. The van der Waals surface area contributed by atoms with E-state index in [0.29, 0.717) is 0 Å². The highest BCUT2D eigenvalue weighted by atomic mass is 19.4. The third-order valence-electron chi connectivity index (χ3n) is 1.45. The van der Waals surface area contributed by atoms with Crippen LogP contribution in [0.1, 0.15) is 0 Å². The van der Waals surface area contributed by atoms with Gasteiger partial charge in [0.1, 0.15) is 0 Å². The fourth-order valence-electron chi connectivity index (χ4n) is 0.580. The fourth-order valence-corrected chi connectivity index (χ4v) is 0.580. The van der Waals surface area contributed by atoms with E-state index in [-0.39, 0.29) is 7.11 Å². The van der Waals surface area contributed by atoms with Crippen molar-refractivity contribution in [2.75, 3.05) is 7.11 Å². The second-order valence-electron chi connectivity index (χ2n) is 2.77. The van der Waals surface area contributed by atoms with Gasteiger partial charge in [-0.05, 0) is 0 Å². The Kier molecular flexibility index (Phi) is 4.73. The van der Waals surface area contributed by atoms with Crippen LogP contribution in [0.15, 0.2) is 11.8 Å². The minimum atomic E-state index is -6.09. The molecule has 0 amide bonds. The zero-order valence-corrected chi connectivity index (χ0v) is 8.63. The second-order valence-corrected chi connectivity index (χ2v) is 2.77. The zero-order chi connectivity index (χ0) is 15.6. The van der Waals surface area contributed by atoms with Crippen LogP contribution < -0.4 is 0 Å². The molecule has 0 aliphatic rings. The van der Waals surface area contributed by atoms with Gasteiger partial charge < -0.3 is 9.47 Å². The lowest BCUT2D eigenvalue weighted by Gasteiger charge is -2.23. The Balaban J connectivity index is 5.34. The van der Waals surface area contributed by atoms with Crippen molar-refractivity contribution >= 4 is 5.97 Å². The summed E-state index contributed by atoms with van der Waals surface area (Å²) in [4.78, 5) is 10.2. The van der Waals surface area contributed by atoms with E-state index in [1.54, 1.807) is 0 Å². The van der Waals surface area contributed by atoms with Crippen molar-refractivity contribution in [2.45, 2.75) is 18.2 Å². The van der Waals surface area contributed by atoms with Crippen LogP contribution in [0.3, 0.4) is 0 Å². The monoisotopic (exact) mass is 306 g/mol. The summed E-state index contributed by atoms with van der Waals surface area (Å²) in [5.74, 6) is -12.5. The van der Waals surface area contributed by atoms with E-state index in [2.05, 4.69) is 9.47 Å². The first-order valence-corrected chi connectivity index (χ1v) is 3.93. The number of alkyl halides is 7. The number of carbonyl (C=O) groups excluding carboxylic acids is 1. The van der Waals surface area contributed by atoms with Crippen molar-refractivity contribution in [2.24, 2.45) is 0 Å². The van der Waals surface area contributed by atoms with Crippen molar-refractivity contribution < 1.29 is 53.8 Å². The molecule has 0 saturated carbocycles. The molecule has 0 aromatic rings. The molecule has 0 radical (unpaired) electrons. The molecule has 0 rings (SSSR count). The van der Waals surface area contributed by atoms with Crippen LogP contribution >= 0.6 is 0 Å². The lowest BCUT2D eigenvalue weighted by molar-refractivity contribution is -0.332. The summed E-state index contributed by atoms with van der Waals surface area (Å²) in [5.41, 5.74) is 0. The molecule has 0 aliphatic heterocycles. The lowest BCUT2D eigenvalue weighted by Crippen LogP contribution is -2.49. The summed E-state index contributed by atoms with van der Waals surface area (Å²) in [5, 5.41) is 0. The Labute approximate surface area is 98.1 Å². The largest absolute Gasteiger partial charge is 0.478 e. The Morgan fingerprint density at radius 3 is 1.68 bits per heavy atom. The van der Waals surface area contributed by atoms with Crippen LogP contribution in [-0.4, -0.2) is 31.3 Å². The van der Waals surface area contributed by atoms with Crippen LogP contribution in [0.2, 0.25) is 0 Å². The van der Waals surface area contributed by atoms with E-state index >= 15 is 0 Å². The summed E-state index contributed by atoms with van der Waals surface area (Å²) < 4.78 is 115. The molecule has 112 valence electrons. The maximum absolute atomic E-state index is 12.6. The second kappa shape index (κ2) is 5.17. The van der Waals surface area contributed by atoms with E-state index in [1.165, 1.54) is 0 Å². The SMILES string of the molecule is COC(=O)C(F)(F)C(F)(F)OC(F)=C(F)C(F)(F)F. The van der Waals surface area contributed by atoms with Gasteiger partial charge in [-0.2, -0.15) is 39.5 Å². The van der Waals surface area contributed by atoms with Crippen molar-refractivity contribution in [3.8, 4) is 0 Å². The molecule has 3 nitrogen and oxygen atoms in total. The average Bonchev–Trinajstić information content (AvgIpc) is 2.24. The third kappa shape index (κ3) is 3.67. The first kappa shape index (κ1) is 17.4. The summed E-state index contributed by atoms with van der Waals surface area (Å²) in [6, 6.07) is -3.65. The van der Waals surface area contributed by atoms with Gasteiger partial charge in [0.15, 0.2) is 0 Å². The van der Waals surface area contributed by atoms with Crippen LogP contribution in [0.4, 0.5) is 39.5 Å². The van der Waals surface area contributed by atoms with Crippen molar-refractivity contribution in [1.29, 1.82) is 0 Å². The number of methoxy groups -OCH3 is 1. The summed E-state index contributed by atoms with van der Waals surface area (Å²) in [6.07, 6.45) is -12.2. The van der Waals surface area contributed by atoms with Gasteiger partial charge in [0.2, 0.25) is 0 Å². The Morgan fingerprint density at radius 2 is 1.37 bits per heavy atom. The average molecular weight is 306 g/mol. The fraction of sp³-hybridized carbons (Fsp3) is 0.571. The van der Waals surface area contributed by atoms with Gasteiger partial charge in [-0.25, -0.2) is 4.79 Å². The van der Waals surface area contributed by atoms with Gasteiger partial charge in [-0.1, -0.05) is 0 Å². The number of allylic oxidation sites excluding steroid dienone is 1. The number of carbonyl (C=O) groups is 1. The van der Waals surface area contributed by atoms with Crippen LogP contribution in [0, 0.1) is 0 Å². The molecule has 0 fully saturated rings. The predicted octanol–water partition coefficient (Wildman–Crippen LogP) is 3.07. The van der Waals surface area contributed by atoms with Crippen molar-refractivity contribution in [3.63, 3.8) is 0 Å². The lowest BCUT2D eigenvalue weighted by atomic mass is 10.3. The molecular formula is C7H3F9O3. The topological polar surface area (TPSA) is 35.5 Å². The third-order valence-corrected chi connectivity index (χ3v) is 1.45. The number of ether oxygens (including phenoxy) is 2. The number of hydrogen-bond acceptors (Lipinski definition) is 3. The van der Waals surface area contributed by atoms with Crippen LogP contribution in [-0.2, 0) is 14.3 Å². The maximum Gasteiger partial charge on any atom is 0.478 e. The van der Waals surface area contributed by atoms with Crippen LogP contribution in [0.5, 0.6) is 0 Å². The van der Waals surface area contributed by atoms with E-state index < -0.39 is 36.0 Å². The van der Waals surface area contributed by atoms with Crippen molar-refractivity contribution in [3.05, 3.63) is 11.8 Å². The first-order chi connectivity index (χ1) is 8.27. The molecule has 0 bridgehead atoms. The van der Waals surface area contributed by atoms with Gasteiger partial charge in [0.25, 0.3) is 5.83 Å². The Bertz CT molecular complexity index is 384. The van der Waals surface area contributed by atoms with Gasteiger partial charge >= 0.3 is 30.2 Å². The highest BCUT2D eigenvalue weighted by molar-refractivity contribution is 5.78. The number of rotatable bonds is 4. The number of esters is 1. The molecule has 0 atom stereocenters. The molecule has 0 N–H and O–H groups in total. The van der Waals surface area contributed by atoms with Gasteiger partial charge in [-0.15, -0.1) is 0 Å². The number of hydrogen-bond donors (Lipinski definition) is 0. The zero-order valence-electron chi connectivity index (χ0n) is 8.63. The normalized spacial score (nSPS) is 14.8. The van der Waals surface area contributed by atoms with Crippen molar-refractivity contribution in [1.82, 2.24) is 0 Å². The molecule has 0 aromatic carbocycles. The van der Waals surface area contributed by atoms with Gasteiger partial charge in [-0.3, -0.25) is 0 Å². The quantitative estimate of drug-likeness (QED) is 0.455. The molecule has 0 aromatic heterocycles. The number of halogens is 9. The van der Waals surface area contributed by atoms with E-state index in [1.807, 2.05) is 0 Å². The van der Waals surface area contributed by atoms with Gasteiger partial charge in [0.05, 0.1) is 7.11 Å². The Hall–Kier alpha value is -1.62. The first-order valence-electron chi connectivity index (χ1n) is 3.93. The van der Waals surface area contributed by atoms with Gasteiger partial charge in [0, 0.05) is 0 Å². The molecule has 12 heteroatoms. The molecule has 0 saturated heterocycles. The summed E-state index contributed by atoms with van der Waals surface area (Å²) in [7, 11) is 0.245. The molecule has 0 unspecified atom stereocenters. The highest BCUT2D eigenvalue weighted by Gasteiger charge is 2.67. The Morgan fingerprint density at radius 1 is 0.947 bits per heavy atom. The minimum Gasteiger partial charge on any atom is -0.464 e. The predicted molar refractivity (Wildman–Crippen MR) is 38.3 cm³/mol. The molecule has 19 heavy (non-hydrogen) atoms. The molecule has 0 aliphatic carbocycles. The van der Waals surface area contributed by atoms with E-state index in [9.17, 15) is 44.3 Å². The summed E-state index contributed by atoms with van der Waals surface area (Å²) in [6.45, 7) is 0. The summed E-state index contributed by atoms with van der Waals surface area (Å²) >= 11 is 0. The standard InChI is InChI=1S/C7H3F9O3/c1-18-4(17)5(10,11)7(15,16)19-3(9)2(8)6(12,13)14/h1H3. The maximum atomic E-state index is 12.6. The van der Waals surface area contributed by atoms with Crippen LogP contribution in [0.25, 0.3) is 0 Å².